The van der Waals surface area contributed by atoms with Crippen molar-refractivity contribution in [2.45, 2.75) is 91.8 Å². The fourth-order valence-corrected chi connectivity index (χ4v) is 8.76. The van der Waals surface area contributed by atoms with E-state index >= 15 is 0 Å². The van der Waals surface area contributed by atoms with Crippen molar-refractivity contribution >= 4 is 72.8 Å². The number of nitrogens with two attached hydrogens (primary N) is 1. The summed E-state index contributed by atoms with van der Waals surface area (Å²) in [5.74, 6) is -0.0452. The predicted octanol–water partition coefficient (Wildman–Crippen LogP) is 6.40. The maximum Gasteiger partial charge on any atom is 0.326 e. The number of hydrogen-bond donors (Lipinski definition) is 5. The number of nitrogens with zero attached hydrogens (tertiary/aromatic N) is 5. The van der Waals surface area contributed by atoms with Crippen LogP contribution >= 0.6 is 11.3 Å². The van der Waals surface area contributed by atoms with Crippen LogP contribution in [0.15, 0.2) is 59.4 Å². The van der Waals surface area contributed by atoms with E-state index in [4.69, 9.17) is 29.7 Å². The van der Waals surface area contributed by atoms with E-state index in [1.165, 1.54) is 11.3 Å². The Morgan fingerprint density at radius 2 is 1.61 bits per heavy atom. The monoisotopic (exact) mass is 969 g/mol. The average molecular weight is 970 g/mol. The van der Waals surface area contributed by atoms with Gasteiger partial charge in [-0.05, 0) is 68.5 Å². The van der Waals surface area contributed by atoms with Gasteiger partial charge in [0.05, 0.1) is 64.8 Å². The second kappa shape index (κ2) is 25.6. The standard InChI is InChI=1S/C50H67N9O9S/c1-6-7-14-41-57-44-45(35-12-8-9-13-37(35)55-46(44)51)59(41)31-50(3,4)32-68-24-11-23-66-26-28-67-27-25-65-22-10-21-52-42(60)19-17-39(49(63)64)56-48(62)40-18-20-43(69-40)58(5)30-34-15-16-38-36(29-34)47(61)54-33(2)53-38/h8-9,12-13,15-16,18,20,29,39H,6-7,10-11,14,17,19,21-28,30-32H2,1-5H3,(H2,51,55)(H,52,60)(H,56,62)(H,63,64)(H,53,54,61). The third kappa shape index (κ3) is 15.2. The first-order valence-corrected chi connectivity index (χ1v) is 24.5. The third-order valence-corrected chi connectivity index (χ3v) is 12.6. The number of aryl methyl sites for hydroxylation is 2. The Labute approximate surface area is 406 Å². The van der Waals surface area contributed by atoms with Crippen molar-refractivity contribution in [2.24, 2.45) is 5.41 Å². The number of para-hydroxylation sites is 1. The van der Waals surface area contributed by atoms with E-state index in [9.17, 15) is 24.3 Å². The number of pyridine rings is 1. The largest absolute Gasteiger partial charge is 0.480 e. The summed E-state index contributed by atoms with van der Waals surface area (Å²) < 4.78 is 25.4. The summed E-state index contributed by atoms with van der Waals surface area (Å²) in [6.07, 6.45) is 4.20. The van der Waals surface area contributed by atoms with E-state index in [2.05, 4.69) is 57.0 Å². The number of benzene rings is 2. The molecule has 0 saturated carbocycles. The number of imidazole rings is 1. The van der Waals surface area contributed by atoms with Crippen LogP contribution in [0.1, 0.15) is 86.2 Å². The summed E-state index contributed by atoms with van der Waals surface area (Å²) in [6.45, 7) is 13.8. The highest BCUT2D eigenvalue weighted by atomic mass is 32.1. The summed E-state index contributed by atoms with van der Waals surface area (Å²) in [5.41, 5.74) is 10.2. The van der Waals surface area contributed by atoms with E-state index in [-0.39, 0.29) is 29.7 Å². The molecule has 0 aliphatic rings. The van der Waals surface area contributed by atoms with Crippen LogP contribution in [0.3, 0.4) is 0 Å². The fourth-order valence-electron chi connectivity index (χ4n) is 7.89. The van der Waals surface area contributed by atoms with E-state index < -0.39 is 17.9 Å². The van der Waals surface area contributed by atoms with Crippen molar-refractivity contribution in [3.05, 3.63) is 87.0 Å². The molecule has 0 aliphatic carbocycles. The zero-order chi connectivity index (χ0) is 49.3. The number of unbranched alkanes of at least 4 members (excludes halogenated alkanes) is 1. The van der Waals surface area contributed by atoms with Crippen molar-refractivity contribution < 1.29 is 38.4 Å². The fraction of sp³-hybridized carbons (Fsp3) is 0.500. The highest BCUT2D eigenvalue weighted by Gasteiger charge is 2.26. The molecule has 372 valence electrons. The Balaban J connectivity index is 0.772. The number of carbonyl (C=O) groups is 3. The molecule has 4 aromatic heterocycles. The summed E-state index contributed by atoms with van der Waals surface area (Å²) >= 11 is 1.21. The van der Waals surface area contributed by atoms with Gasteiger partial charge < -0.3 is 54.9 Å². The number of aromatic amines is 1. The van der Waals surface area contributed by atoms with Crippen LogP contribution in [0, 0.1) is 12.3 Å². The number of amides is 2. The van der Waals surface area contributed by atoms with Gasteiger partial charge in [-0.1, -0.05) is 51.5 Å². The Morgan fingerprint density at radius 3 is 2.36 bits per heavy atom. The van der Waals surface area contributed by atoms with Gasteiger partial charge in [0.15, 0.2) is 5.82 Å². The molecule has 2 aromatic carbocycles. The van der Waals surface area contributed by atoms with E-state index in [0.717, 1.165) is 70.6 Å². The summed E-state index contributed by atoms with van der Waals surface area (Å²) in [7, 11) is 1.86. The number of nitrogens with one attached hydrogen (secondary N) is 3. The third-order valence-electron chi connectivity index (χ3n) is 11.4. The van der Waals surface area contributed by atoms with Crippen LogP contribution in [0.2, 0.25) is 0 Å². The summed E-state index contributed by atoms with van der Waals surface area (Å²) in [5, 5.41) is 17.4. The number of aromatic nitrogens is 5. The van der Waals surface area contributed by atoms with Gasteiger partial charge in [0.2, 0.25) is 5.91 Å². The Kier molecular flexibility index (Phi) is 19.4. The van der Waals surface area contributed by atoms with Crippen molar-refractivity contribution in [3.63, 3.8) is 0 Å². The average Bonchev–Trinajstić information content (AvgIpc) is 3.96. The Bertz CT molecular complexity index is 2720. The van der Waals surface area contributed by atoms with Crippen LogP contribution in [0.25, 0.3) is 32.8 Å². The van der Waals surface area contributed by atoms with Crippen LogP contribution in [-0.2, 0) is 48.0 Å². The normalized spacial score (nSPS) is 12.2. The molecule has 0 spiro atoms. The minimum atomic E-state index is -1.24. The second-order valence-corrected chi connectivity index (χ2v) is 19.0. The lowest BCUT2D eigenvalue weighted by atomic mass is 9.94. The molecule has 2 amide bonds. The molecule has 0 bridgehead atoms. The molecule has 0 saturated heterocycles. The smallest absolute Gasteiger partial charge is 0.326 e. The molecule has 0 aliphatic heterocycles. The number of nitrogen functional groups attached to an aromatic ring is 1. The molecule has 6 aromatic rings. The van der Waals surface area contributed by atoms with Gasteiger partial charge in [0.1, 0.15) is 23.2 Å². The molecule has 6 rings (SSSR count). The SMILES string of the molecule is CCCCc1nc2c(N)nc3ccccc3c2n1CC(C)(C)COCCCOCCOCCOCCCNC(=O)CCC(NC(=O)c1ccc(N(C)Cc2ccc3nc(C)[nH]c(=O)c3c2)s1)C(=O)O. The van der Waals surface area contributed by atoms with Crippen molar-refractivity contribution in [3.8, 4) is 0 Å². The quantitative estimate of drug-likeness (QED) is 0.0307. The molecule has 4 heterocycles. The van der Waals surface area contributed by atoms with Crippen LogP contribution < -0.4 is 26.8 Å². The molecule has 18 nitrogen and oxygen atoms in total. The lowest BCUT2D eigenvalue weighted by molar-refractivity contribution is -0.139. The molecule has 19 heteroatoms. The first-order valence-electron chi connectivity index (χ1n) is 23.7. The summed E-state index contributed by atoms with van der Waals surface area (Å²) in [6, 6.07) is 15.8. The number of aliphatic carboxylic acids is 1. The maximum atomic E-state index is 13.0. The van der Waals surface area contributed by atoms with Gasteiger partial charge in [0, 0.05) is 70.1 Å². The second-order valence-electron chi connectivity index (χ2n) is 17.9. The number of hydrogen-bond acceptors (Lipinski definition) is 14. The van der Waals surface area contributed by atoms with Crippen LogP contribution in [-0.4, -0.2) is 120 Å². The number of fused-ring (bicyclic) bond motifs is 4. The molecule has 0 fully saturated rings. The lowest BCUT2D eigenvalue weighted by Crippen LogP contribution is -2.41. The van der Waals surface area contributed by atoms with E-state index in [1.54, 1.807) is 31.2 Å². The topological polar surface area (TPSA) is 238 Å². The minimum absolute atomic E-state index is 0.0663. The molecule has 1 unspecified atom stereocenters. The van der Waals surface area contributed by atoms with Gasteiger partial charge in [-0.25, -0.2) is 19.7 Å². The maximum absolute atomic E-state index is 13.0. The zero-order valence-electron chi connectivity index (χ0n) is 40.4. The van der Waals surface area contributed by atoms with Crippen LogP contribution in [0.4, 0.5) is 10.8 Å². The summed E-state index contributed by atoms with van der Waals surface area (Å²) in [4.78, 5) is 68.8. The van der Waals surface area contributed by atoms with E-state index in [0.29, 0.717) is 99.8 Å². The first kappa shape index (κ1) is 52.4. The van der Waals surface area contributed by atoms with E-state index in [1.807, 2.05) is 36.2 Å². The molecule has 6 N–H and O–H groups in total. The van der Waals surface area contributed by atoms with Gasteiger partial charge in [-0.2, -0.15) is 0 Å². The Hall–Kier alpha value is -5.99. The van der Waals surface area contributed by atoms with Crippen molar-refractivity contribution in [1.82, 2.24) is 35.1 Å². The first-order chi connectivity index (χ1) is 33.2. The van der Waals surface area contributed by atoms with Crippen LogP contribution in [0.5, 0.6) is 0 Å². The van der Waals surface area contributed by atoms with Gasteiger partial charge in [-0.3, -0.25) is 14.4 Å². The minimum Gasteiger partial charge on any atom is -0.480 e. The number of rotatable bonds is 30. The highest BCUT2D eigenvalue weighted by molar-refractivity contribution is 7.18. The number of carbonyl (C=O) groups excluding carboxylic acids is 2. The number of H-pyrrole nitrogens is 1. The molecule has 0 radical (unpaired) electrons. The van der Waals surface area contributed by atoms with Gasteiger partial charge in [-0.15, -0.1) is 11.3 Å². The van der Waals surface area contributed by atoms with Crippen molar-refractivity contribution in [1.29, 1.82) is 0 Å². The number of carboxylic acids is 1. The number of thiophene rings is 1. The zero-order valence-corrected chi connectivity index (χ0v) is 41.3. The Morgan fingerprint density at radius 1 is 0.899 bits per heavy atom. The molecule has 1 atom stereocenters. The molecular formula is C50H67N9O9S. The number of carboxylic acid groups (broad SMARTS) is 1. The van der Waals surface area contributed by atoms with Gasteiger partial charge in [0.25, 0.3) is 11.5 Å². The van der Waals surface area contributed by atoms with Gasteiger partial charge >= 0.3 is 5.97 Å². The molecule has 69 heavy (non-hydrogen) atoms. The van der Waals surface area contributed by atoms with Crippen molar-refractivity contribution in [2.75, 3.05) is 77.1 Å². The predicted molar refractivity (Wildman–Crippen MR) is 269 cm³/mol. The highest BCUT2D eigenvalue weighted by Crippen LogP contribution is 2.32. The number of ether oxygens (including phenoxy) is 4. The molecular weight excluding hydrogens is 903 g/mol. The number of anilines is 2. The lowest BCUT2D eigenvalue weighted by Gasteiger charge is -2.26.